The van der Waals surface area contributed by atoms with Gasteiger partial charge in [-0.1, -0.05) is 12.1 Å². The molecule has 8 heterocycles. The Morgan fingerprint density at radius 2 is 1.02 bits per heavy atom. The number of amides is 4. The van der Waals surface area contributed by atoms with Crippen molar-refractivity contribution in [3.8, 4) is 12.1 Å². The lowest BCUT2D eigenvalue weighted by atomic mass is 9.76. The summed E-state index contributed by atoms with van der Waals surface area (Å²) in [5.74, 6) is -0.222. The third kappa shape index (κ3) is 3.22. The van der Waals surface area contributed by atoms with Crippen LogP contribution in [0.15, 0.2) is 49.1 Å². The maximum Gasteiger partial charge on any atom is 0.249 e. The van der Waals surface area contributed by atoms with Gasteiger partial charge < -0.3 is 19.6 Å². The van der Waals surface area contributed by atoms with Crippen molar-refractivity contribution < 1.29 is 19.2 Å². The number of hydrogen-bond acceptors (Lipinski definition) is 8. The van der Waals surface area contributed by atoms with E-state index < -0.39 is 45.1 Å². The predicted octanol–water partition coefficient (Wildman–Crippen LogP) is 2.52. The summed E-state index contributed by atoms with van der Waals surface area (Å²) < 4.78 is 0. The van der Waals surface area contributed by atoms with Crippen LogP contribution < -0.4 is 0 Å². The van der Waals surface area contributed by atoms with E-state index in [1.807, 2.05) is 39.8 Å². The zero-order chi connectivity index (χ0) is 33.2. The van der Waals surface area contributed by atoms with Gasteiger partial charge in [-0.05, 0) is 51.0 Å². The van der Waals surface area contributed by atoms with Gasteiger partial charge in [-0.2, -0.15) is 10.5 Å². The molecule has 1 unspecified atom stereocenters. The van der Waals surface area contributed by atoms with E-state index >= 15 is 0 Å². The molecule has 4 bridgehead atoms. The largest absolute Gasteiger partial charge is 0.329 e. The molecule has 6 saturated heterocycles. The standard InChI is InChI=1S/2C17H18N4O2/c2*1-15(10-18)8-17-9-16(2,20(3)14(17)23)13(22)21(17)12(15)11-5-4-6-19-7-11/h2*4-7,12H,8-9H2,1-3H3/t12?,15-,16+,17+;12-,15+,16-,17-/m11/s1. The van der Waals surface area contributed by atoms with Gasteiger partial charge in [0.2, 0.25) is 23.6 Å². The number of rotatable bonds is 2. The van der Waals surface area contributed by atoms with Gasteiger partial charge in [0.25, 0.3) is 0 Å². The Kier molecular flexibility index (Phi) is 5.78. The quantitative estimate of drug-likeness (QED) is 0.496. The Balaban J connectivity index is 0.000000147. The maximum absolute atomic E-state index is 13.1. The van der Waals surface area contributed by atoms with Crippen molar-refractivity contribution in [3.63, 3.8) is 0 Å². The average molecular weight is 621 g/mol. The first-order valence-electron chi connectivity index (χ1n) is 15.5. The maximum atomic E-state index is 13.1. The Morgan fingerprint density at radius 3 is 1.33 bits per heavy atom. The normalized spacial score (nSPS) is 41.4. The molecular weight excluding hydrogens is 584 g/mol. The van der Waals surface area contributed by atoms with Gasteiger partial charge >= 0.3 is 0 Å². The van der Waals surface area contributed by atoms with Crippen molar-refractivity contribution >= 4 is 23.6 Å². The highest BCUT2D eigenvalue weighted by molar-refractivity contribution is 6.08. The smallest absolute Gasteiger partial charge is 0.249 e. The molecule has 0 aromatic carbocycles. The van der Waals surface area contributed by atoms with E-state index in [-0.39, 0.29) is 23.6 Å². The van der Waals surface area contributed by atoms with Crippen LogP contribution in [0.25, 0.3) is 0 Å². The van der Waals surface area contributed by atoms with Crippen LogP contribution in [0.5, 0.6) is 0 Å². The van der Waals surface area contributed by atoms with Crippen molar-refractivity contribution in [1.82, 2.24) is 29.6 Å². The first-order chi connectivity index (χ1) is 21.6. The van der Waals surface area contributed by atoms with E-state index in [1.165, 1.54) is 0 Å². The summed E-state index contributed by atoms with van der Waals surface area (Å²) in [5, 5.41) is 19.6. The van der Waals surface area contributed by atoms with Crippen LogP contribution in [-0.4, -0.2) is 89.4 Å². The fraction of sp³-hybridized carbons (Fsp3) is 0.529. The molecule has 0 radical (unpaired) electrons. The van der Waals surface area contributed by atoms with Crippen LogP contribution in [0.3, 0.4) is 0 Å². The fourth-order valence-electron chi connectivity index (χ4n) is 9.79. The van der Waals surface area contributed by atoms with E-state index in [4.69, 9.17) is 0 Å². The molecule has 0 saturated carbocycles. The zero-order valence-corrected chi connectivity index (χ0v) is 26.8. The molecule has 8 atom stereocenters. The van der Waals surface area contributed by atoms with E-state index in [1.54, 1.807) is 70.6 Å². The van der Waals surface area contributed by atoms with Gasteiger partial charge in [-0.3, -0.25) is 29.1 Å². The summed E-state index contributed by atoms with van der Waals surface area (Å²) in [6.07, 6.45) is 8.38. The molecule has 12 heteroatoms. The van der Waals surface area contributed by atoms with Gasteiger partial charge in [0.1, 0.15) is 22.2 Å². The Labute approximate surface area is 267 Å². The molecule has 2 spiro atoms. The van der Waals surface area contributed by atoms with Crippen molar-refractivity contribution in [3.05, 3.63) is 60.2 Å². The van der Waals surface area contributed by atoms with Crippen molar-refractivity contribution in [1.29, 1.82) is 10.5 Å². The number of likely N-dealkylation sites (N-methyl/N-ethyl adjacent to an activating group) is 2. The molecule has 46 heavy (non-hydrogen) atoms. The fourth-order valence-corrected chi connectivity index (χ4v) is 9.79. The van der Waals surface area contributed by atoms with Crippen LogP contribution in [0, 0.1) is 33.5 Å². The third-order valence-corrected chi connectivity index (χ3v) is 12.0. The van der Waals surface area contributed by atoms with Crippen LogP contribution in [0.1, 0.15) is 76.6 Å². The second-order valence-electron chi connectivity index (χ2n) is 14.8. The zero-order valence-electron chi connectivity index (χ0n) is 26.8. The number of carbonyl (C=O) groups excluding carboxylic acids is 4. The summed E-state index contributed by atoms with van der Waals surface area (Å²) >= 11 is 0. The Bertz CT molecular complexity index is 1680. The third-order valence-electron chi connectivity index (χ3n) is 12.0. The minimum atomic E-state index is -0.883. The number of nitriles is 2. The molecule has 12 nitrogen and oxygen atoms in total. The van der Waals surface area contributed by atoms with Crippen molar-refractivity contribution in [2.24, 2.45) is 10.8 Å². The van der Waals surface area contributed by atoms with E-state index in [9.17, 15) is 29.7 Å². The molecule has 2 aromatic rings. The van der Waals surface area contributed by atoms with Crippen LogP contribution >= 0.6 is 0 Å². The monoisotopic (exact) mass is 620 g/mol. The SMILES string of the molecule is CN1C(=O)[C@@]23C[C@](C)(C#N)C(c4cccnc4)N2C(=O)[C@]1(C)C3.CN1C(=O)[C@]23C[C@@](C)(C#N)[C@@H](c4cccnc4)N2C(=O)[C@@]1(C)C3. The lowest BCUT2D eigenvalue weighted by Gasteiger charge is -2.41. The molecule has 6 aliphatic heterocycles. The van der Waals surface area contributed by atoms with E-state index in [0.29, 0.717) is 25.7 Å². The van der Waals surface area contributed by atoms with Crippen LogP contribution in [0.4, 0.5) is 0 Å². The molecule has 6 aliphatic rings. The van der Waals surface area contributed by atoms with Gasteiger partial charge in [0.15, 0.2) is 0 Å². The number of likely N-dealkylation sites (tertiary alicyclic amines) is 2. The second kappa shape index (κ2) is 8.91. The van der Waals surface area contributed by atoms with Gasteiger partial charge in [-0.25, -0.2) is 0 Å². The highest BCUT2D eigenvalue weighted by atomic mass is 16.2. The minimum Gasteiger partial charge on any atom is -0.329 e. The topological polar surface area (TPSA) is 155 Å². The molecule has 0 aliphatic carbocycles. The van der Waals surface area contributed by atoms with E-state index in [2.05, 4.69) is 22.1 Å². The number of carbonyl (C=O) groups is 4. The molecule has 6 fully saturated rings. The van der Waals surface area contributed by atoms with Gasteiger partial charge in [0.05, 0.1) is 35.1 Å². The molecule has 0 N–H and O–H groups in total. The number of piperazine rings is 2. The van der Waals surface area contributed by atoms with Crippen LogP contribution in [-0.2, 0) is 19.2 Å². The summed E-state index contributed by atoms with van der Waals surface area (Å²) in [7, 11) is 3.38. The van der Waals surface area contributed by atoms with Gasteiger partial charge in [0, 0.05) is 64.6 Å². The van der Waals surface area contributed by atoms with Crippen molar-refractivity contribution in [2.45, 2.75) is 87.6 Å². The number of fused-ring (bicyclic) bond motifs is 2. The summed E-state index contributed by atoms with van der Waals surface area (Å²) in [4.78, 5) is 66.8. The predicted molar refractivity (Wildman–Crippen MR) is 161 cm³/mol. The molecule has 4 amide bonds. The second-order valence-corrected chi connectivity index (χ2v) is 14.8. The first-order valence-corrected chi connectivity index (χ1v) is 15.5. The number of pyridine rings is 2. The van der Waals surface area contributed by atoms with Crippen molar-refractivity contribution in [2.75, 3.05) is 14.1 Å². The van der Waals surface area contributed by atoms with E-state index in [0.717, 1.165) is 11.1 Å². The number of hydrogen-bond donors (Lipinski definition) is 0. The Morgan fingerprint density at radius 1 is 0.652 bits per heavy atom. The first kappa shape index (κ1) is 29.8. The molecule has 2 aromatic heterocycles. The number of aromatic nitrogens is 2. The van der Waals surface area contributed by atoms with Gasteiger partial charge in [-0.15, -0.1) is 0 Å². The average Bonchev–Trinajstić information content (AvgIpc) is 3.74. The molecular formula is C34H36N8O4. The summed E-state index contributed by atoms with van der Waals surface area (Å²) in [6.45, 7) is 7.33. The molecule has 8 rings (SSSR count). The lowest BCUT2D eigenvalue weighted by molar-refractivity contribution is -0.159. The summed E-state index contributed by atoms with van der Waals surface area (Å²) in [6, 6.07) is 11.2. The highest BCUT2D eigenvalue weighted by Gasteiger charge is 2.79. The minimum absolute atomic E-state index is 0.0486. The number of nitrogens with zero attached hydrogens (tertiary/aromatic N) is 8. The summed E-state index contributed by atoms with van der Waals surface area (Å²) in [5.41, 5.74) is -3.34. The lowest BCUT2D eigenvalue weighted by Crippen LogP contribution is -2.60. The van der Waals surface area contributed by atoms with Crippen LogP contribution in [0.2, 0.25) is 0 Å². The Hall–Kier alpha value is -4.84. The molecule has 236 valence electrons. The highest BCUT2D eigenvalue weighted by Crippen LogP contribution is 2.65.